The van der Waals surface area contributed by atoms with Crippen LogP contribution < -0.4 is 5.32 Å². The number of nitrogens with one attached hydrogen (secondary N) is 2. The fourth-order valence-electron chi connectivity index (χ4n) is 3.58. The van der Waals surface area contributed by atoms with E-state index < -0.39 is 11.3 Å². The molecule has 174 valence electrons. The number of carbonyl (C=O) groups excluding carboxylic acids is 2. The van der Waals surface area contributed by atoms with Gasteiger partial charge in [-0.2, -0.15) is 0 Å². The van der Waals surface area contributed by atoms with Crippen LogP contribution in [0.3, 0.4) is 0 Å². The number of hydrogen-bond acceptors (Lipinski definition) is 5. The number of ether oxygens (including phenoxy) is 1. The number of nitrogens with zero attached hydrogens (tertiary/aromatic N) is 1. The molecule has 1 unspecified atom stereocenters. The molecule has 1 heterocycles. The summed E-state index contributed by atoms with van der Waals surface area (Å²) in [5.74, 6) is -0.935. The summed E-state index contributed by atoms with van der Waals surface area (Å²) in [5.41, 5.74) is 2.46. The van der Waals surface area contributed by atoms with Gasteiger partial charge in [0.2, 0.25) is 12.5 Å². The van der Waals surface area contributed by atoms with Crippen molar-refractivity contribution < 1.29 is 19.2 Å². The van der Waals surface area contributed by atoms with E-state index in [0.29, 0.717) is 12.1 Å². The van der Waals surface area contributed by atoms with E-state index in [9.17, 15) is 19.7 Å². The van der Waals surface area contributed by atoms with Gasteiger partial charge in [0.25, 0.3) is 0 Å². The zero-order valence-corrected chi connectivity index (χ0v) is 19.1. The van der Waals surface area contributed by atoms with E-state index in [-0.39, 0.29) is 36.4 Å². The zero-order chi connectivity index (χ0) is 24.0. The summed E-state index contributed by atoms with van der Waals surface area (Å²) in [6.45, 7) is 5.09. The first kappa shape index (κ1) is 24.0. The van der Waals surface area contributed by atoms with Crippen LogP contribution >= 0.6 is 0 Å². The summed E-state index contributed by atoms with van der Waals surface area (Å²) in [6.07, 6.45) is 2.32. The van der Waals surface area contributed by atoms with Crippen molar-refractivity contribution in [2.45, 2.75) is 39.5 Å². The Hall–Kier alpha value is -3.68. The Bertz CT molecular complexity index is 1130. The minimum Gasteiger partial charge on any atom is -0.465 e. The number of aromatic amines is 1. The maximum Gasteiger partial charge on any atom is 0.311 e. The maximum atomic E-state index is 12.4. The van der Waals surface area contributed by atoms with E-state index in [4.69, 9.17) is 4.74 Å². The molecule has 8 heteroatoms. The zero-order valence-electron chi connectivity index (χ0n) is 19.1. The van der Waals surface area contributed by atoms with Crippen molar-refractivity contribution >= 4 is 28.5 Å². The van der Waals surface area contributed by atoms with Crippen molar-refractivity contribution in [3.8, 4) is 0 Å². The number of H-pyrrole nitrogens is 1. The van der Waals surface area contributed by atoms with Gasteiger partial charge in [-0.05, 0) is 56.5 Å². The van der Waals surface area contributed by atoms with Gasteiger partial charge < -0.3 is 15.0 Å². The summed E-state index contributed by atoms with van der Waals surface area (Å²) in [5, 5.41) is 15.0. The van der Waals surface area contributed by atoms with Crippen LogP contribution in [-0.4, -0.2) is 34.9 Å². The number of rotatable bonds is 9. The fourth-order valence-corrected chi connectivity index (χ4v) is 3.58. The first-order chi connectivity index (χ1) is 15.6. The molecule has 3 rings (SSSR count). The van der Waals surface area contributed by atoms with E-state index >= 15 is 0 Å². The Balaban J connectivity index is 1.76. The minimum atomic E-state index is -0.633. The van der Waals surface area contributed by atoms with Crippen LogP contribution in [0.15, 0.2) is 54.7 Å². The lowest BCUT2D eigenvalue weighted by Gasteiger charge is -2.18. The van der Waals surface area contributed by atoms with Crippen LogP contribution in [0.25, 0.3) is 10.9 Å². The average molecular weight is 452 g/mol. The molecule has 0 aliphatic heterocycles. The van der Waals surface area contributed by atoms with Crippen molar-refractivity contribution in [2.75, 3.05) is 18.5 Å². The lowest BCUT2D eigenvalue weighted by molar-refractivity contribution is -0.483. The van der Waals surface area contributed by atoms with Crippen LogP contribution in [-0.2, 0) is 20.7 Å². The first-order valence-corrected chi connectivity index (χ1v) is 10.9. The molecule has 1 amide bonds. The van der Waals surface area contributed by atoms with E-state index in [1.807, 2.05) is 42.5 Å². The molecule has 33 heavy (non-hydrogen) atoms. The Labute approximate surface area is 192 Å². The third-order valence-corrected chi connectivity index (χ3v) is 5.33. The Kier molecular flexibility index (Phi) is 7.48. The lowest BCUT2D eigenvalue weighted by Crippen LogP contribution is -2.24. The predicted octanol–water partition coefficient (Wildman–Crippen LogP) is 4.69. The number of amides is 1. The van der Waals surface area contributed by atoms with Crippen molar-refractivity contribution in [2.24, 2.45) is 5.41 Å². The molecule has 8 nitrogen and oxygen atoms in total. The number of benzene rings is 2. The monoisotopic (exact) mass is 451 g/mol. The van der Waals surface area contributed by atoms with Gasteiger partial charge in [0.1, 0.15) is 0 Å². The molecule has 0 radical (unpaired) electrons. The highest BCUT2D eigenvalue weighted by molar-refractivity contribution is 5.95. The Morgan fingerprint density at radius 1 is 1.15 bits per heavy atom. The molecule has 2 N–H and O–H groups in total. The highest BCUT2D eigenvalue weighted by Crippen LogP contribution is 2.30. The van der Waals surface area contributed by atoms with Gasteiger partial charge in [-0.1, -0.05) is 30.3 Å². The molecule has 0 spiro atoms. The maximum absolute atomic E-state index is 12.4. The summed E-state index contributed by atoms with van der Waals surface area (Å²) in [7, 11) is 0. The lowest BCUT2D eigenvalue weighted by atomic mass is 9.95. The summed E-state index contributed by atoms with van der Waals surface area (Å²) in [4.78, 5) is 38.6. The SMILES string of the molecule is CC(C)(C)C(=O)OCCC(C[N+](=O)[O-])c1c[nH]c2ccc(NC(=O)Cc3ccccc3)cc12. The number of hydrogen-bond donors (Lipinski definition) is 2. The van der Waals surface area contributed by atoms with Gasteiger partial charge in [0.05, 0.1) is 24.4 Å². The number of fused-ring (bicyclic) bond motifs is 1. The molecule has 1 atom stereocenters. The van der Waals surface area contributed by atoms with Gasteiger partial charge in [-0.15, -0.1) is 0 Å². The van der Waals surface area contributed by atoms with Gasteiger partial charge >= 0.3 is 5.97 Å². The minimum absolute atomic E-state index is 0.0920. The van der Waals surface area contributed by atoms with Crippen molar-refractivity contribution in [1.29, 1.82) is 0 Å². The normalized spacial score (nSPS) is 12.3. The number of anilines is 1. The topological polar surface area (TPSA) is 114 Å². The van der Waals surface area contributed by atoms with Crippen molar-refractivity contribution in [1.82, 2.24) is 4.98 Å². The second-order valence-corrected chi connectivity index (χ2v) is 9.10. The van der Waals surface area contributed by atoms with E-state index in [0.717, 1.165) is 22.0 Å². The van der Waals surface area contributed by atoms with Gasteiger partial charge in [0.15, 0.2) is 0 Å². The van der Waals surface area contributed by atoms with Gasteiger partial charge in [0, 0.05) is 27.7 Å². The molecule has 2 aromatic carbocycles. The van der Waals surface area contributed by atoms with E-state index in [1.54, 1.807) is 33.0 Å². The Morgan fingerprint density at radius 2 is 1.88 bits per heavy atom. The second-order valence-electron chi connectivity index (χ2n) is 9.10. The number of aromatic nitrogens is 1. The molecule has 0 aliphatic rings. The summed E-state index contributed by atoms with van der Waals surface area (Å²) in [6, 6.07) is 14.9. The third kappa shape index (κ3) is 6.65. The highest BCUT2D eigenvalue weighted by Gasteiger charge is 2.25. The largest absolute Gasteiger partial charge is 0.465 e. The predicted molar refractivity (Wildman–Crippen MR) is 127 cm³/mol. The molecule has 1 aromatic heterocycles. The molecule has 0 aliphatic carbocycles. The molecular formula is C25H29N3O5. The number of esters is 1. The molecule has 0 fully saturated rings. The summed E-state index contributed by atoms with van der Waals surface area (Å²) >= 11 is 0. The molecule has 0 saturated carbocycles. The number of nitro groups is 1. The Morgan fingerprint density at radius 3 is 2.55 bits per heavy atom. The van der Waals surface area contributed by atoms with Crippen molar-refractivity contribution in [3.63, 3.8) is 0 Å². The summed E-state index contributed by atoms with van der Waals surface area (Å²) < 4.78 is 5.33. The van der Waals surface area contributed by atoms with Gasteiger partial charge in [-0.3, -0.25) is 19.7 Å². The van der Waals surface area contributed by atoms with Crippen molar-refractivity contribution in [3.05, 3.63) is 76.0 Å². The van der Waals surface area contributed by atoms with E-state index in [2.05, 4.69) is 10.3 Å². The van der Waals surface area contributed by atoms with Gasteiger partial charge in [-0.25, -0.2) is 0 Å². The smallest absolute Gasteiger partial charge is 0.311 e. The van der Waals surface area contributed by atoms with Crippen LogP contribution in [0.5, 0.6) is 0 Å². The molecular weight excluding hydrogens is 422 g/mol. The van der Waals surface area contributed by atoms with Crippen LogP contribution in [0, 0.1) is 15.5 Å². The van der Waals surface area contributed by atoms with Crippen LogP contribution in [0.4, 0.5) is 5.69 Å². The third-order valence-electron chi connectivity index (χ3n) is 5.33. The van der Waals surface area contributed by atoms with E-state index in [1.165, 1.54) is 0 Å². The molecule has 0 bridgehead atoms. The number of carbonyl (C=O) groups is 2. The van der Waals surface area contributed by atoms with Crippen LogP contribution in [0.2, 0.25) is 0 Å². The average Bonchev–Trinajstić information content (AvgIpc) is 3.15. The van der Waals surface area contributed by atoms with Crippen LogP contribution in [0.1, 0.15) is 44.2 Å². The quantitative estimate of drug-likeness (QED) is 0.278. The molecule has 3 aromatic rings. The first-order valence-electron chi connectivity index (χ1n) is 10.9. The second kappa shape index (κ2) is 10.3. The standard InChI is InChI=1S/C25H29N3O5/c1-25(2,3)24(30)33-12-11-18(16-28(31)32)21-15-26-22-10-9-19(14-20(21)22)27-23(29)13-17-7-5-4-6-8-17/h4-10,14-15,18,26H,11-13,16H2,1-3H3,(H,27,29). The highest BCUT2D eigenvalue weighted by atomic mass is 16.6. The fraction of sp³-hybridized carbons (Fsp3) is 0.360. The molecule has 0 saturated heterocycles.